The van der Waals surface area contributed by atoms with Gasteiger partial charge in [-0.2, -0.15) is 13.2 Å². The fourth-order valence-corrected chi connectivity index (χ4v) is 2.67. The van der Waals surface area contributed by atoms with E-state index in [0.29, 0.717) is 16.8 Å². The van der Waals surface area contributed by atoms with Crippen LogP contribution in [-0.4, -0.2) is 0 Å². The van der Waals surface area contributed by atoms with E-state index in [2.05, 4.69) is 27.9 Å². The van der Waals surface area contributed by atoms with Crippen molar-refractivity contribution in [1.29, 1.82) is 0 Å². The Bertz CT molecular complexity index is 658. The van der Waals surface area contributed by atoms with Crippen LogP contribution in [0.15, 0.2) is 36.4 Å². The summed E-state index contributed by atoms with van der Waals surface area (Å²) >= 11 is 8.10. The predicted octanol–water partition coefficient (Wildman–Crippen LogP) is 5.71. The first-order valence-electron chi connectivity index (χ1n) is 5.81. The standard InChI is InChI=1S/C14H9ClF4IN/c15-12-6-11(20)1-2-13(12)21-7-8-3-9(14(17,18)19)5-10(16)4-8/h1-6,21H,7H2. The highest BCUT2D eigenvalue weighted by Gasteiger charge is 2.31. The predicted molar refractivity (Wildman–Crippen MR) is 82.9 cm³/mol. The summed E-state index contributed by atoms with van der Waals surface area (Å²) in [5, 5.41) is 3.35. The third kappa shape index (κ3) is 4.47. The molecular weight excluding hydrogens is 421 g/mol. The summed E-state index contributed by atoms with van der Waals surface area (Å²) in [5.41, 5.74) is -0.236. The van der Waals surface area contributed by atoms with Crippen molar-refractivity contribution in [2.45, 2.75) is 12.7 Å². The van der Waals surface area contributed by atoms with Gasteiger partial charge in [0.1, 0.15) is 5.82 Å². The van der Waals surface area contributed by atoms with E-state index in [9.17, 15) is 17.6 Å². The normalized spacial score (nSPS) is 11.5. The third-order valence-electron chi connectivity index (χ3n) is 2.70. The molecule has 1 nitrogen and oxygen atoms in total. The molecule has 0 amide bonds. The Morgan fingerprint density at radius 2 is 1.81 bits per heavy atom. The van der Waals surface area contributed by atoms with Gasteiger partial charge in [0, 0.05) is 10.1 Å². The molecule has 2 aromatic carbocycles. The van der Waals surface area contributed by atoms with Crippen LogP contribution in [-0.2, 0) is 12.7 Å². The molecule has 7 heteroatoms. The number of anilines is 1. The van der Waals surface area contributed by atoms with Gasteiger partial charge in [0.2, 0.25) is 0 Å². The first kappa shape index (κ1) is 16.4. The van der Waals surface area contributed by atoms with Gasteiger partial charge in [0.15, 0.2) is 0 Å². The van der Waals surface area contributed by atoms with Crippen molar-refractivity contribution in [3.63, 3.8) is 0 Å². The molecular formula is C14H9ClF4IN. The Labute approximate surface area is 137 Å². The molecule has 1 N–H and O–H groups in total. The molecule has 0 aliphatic carbocycles. The average Bonchev–Trinajstić information content (AvgIpc) is 2.36. The minimum atomic E-state index is -4.57. The molecule has 0 unspecified atom stereocenters. The van der Waals surface area contributed by atoms with E-state index in [0.717, 1.165) is 15.7 Å². The van der Waals surface area contributed by atoms with Crippen LogP contribution < -0.4 is 5.32 Å². The number of hydrogen-bond acceptors (Lipinski definition) is 1. The highest BCUT2D eigenvalue weighted by atomic mass is 127. The van der Waals surface area contributed by atoms with Crippen molar-refractivity contribution in [2.24, 2.45) is 0 Å². The SMILES string of the molecule is Fc1cc(CNc2ccc(I)cc2Cl)cc(C(F)(F)F)c1. The van der Waals surface area contributed by atoms with Crippen LogP contribution in [0.3, 0.4) is 0 Å². The molecule has 0 aliphatic heterocycles. The lowest BCUT2D eigenvalue weighted by molar-refractivity contribution is -0.137. The van der Waals surface area contributed by atoms with Gasteiger partial charge < -0.3 is 5.32 Å². The van der Waals surface area contributed by atoms with Crippen molar-refractivity contribution < 1.29 is 17.6 Å². The number of benzene rings is 2. The smallest absolute Gasteiger partial charge is 0.380 e. The van der Waals surface area contributed by atoms with Crippen molar-refractivity contribution in [3.8, 4) is 0 Å². The van der Waals surface area contributed by atoms with E-state index < -0.39 is 17.6 Å². The van der Waals surface area contributed by atoms with Gasteiger partial charge in [-0.3, -0.25) is 0 Å². The van der Waals surface area contributed by atoms with Crippen LogP contribution in [0.5, 0.6) is 0 Å². The molecule has 0 aliphatic rings. The number of halogens is 6. The zero-order valence-electron chi connectivity index (χ0n) is 10.4. The molecule has 0 aromatic heterocycles. The zero-order chi connectivity index (χ0) is 15.6. The topological polar surface area (TPSA) is 12.0 Å². The minimum Gasteiger partial charge on any atom is -0.380 e. The lowest BCUT2D eigenvalue weighted by Gasteiger charge is -2.12. The van der Waals surface area contributed by atoms with Gasteiger partial charge in [-0.15, -0.1) is 0 Å². The molecule has 0 fully saturated rings. The van der Waals surface area contributed by atoms with Crippen LogP contribution in [0.4, 0.5) is 23.2 Å². The molecule has 0 saturated carbocycles. The van der Waals surface area contributed by atoms with Crippen molar-refractivity contribution >= 4 is 39.9 Å². The van der Waals surface area contributed by atoms with Crippen LogP contribution in [0.1, 0.15) is 11.1 Å². The molecule has 0 radical (unpaired) electrons. The van der Waals surface area contributed by atoms with Gasteiger partial charge >= 0.3 is 6.18 Å². The molecule has 21 heavy (non-hydrogen) atoms. The quantitative estimate of drug-likeness (QED) is 0.486. The molecule has 0 saturated heterocycles. The monoisotopic (exact) mass is 429 g/mol. The second-order valence-corrected chi connectivity index (χ2v) is 5.98. The van der Waals surface area contributed by atoms with Crippen molar-refractivity contribution in [2.75, 3.05) is 5.32 Å². The number of hydrogen-bond donors (Lipinski definition) is 1. The summed E-state index contributed by atoms with van der Waals surface area (Å²) in [5.74, 6) is -0.921. The van der Waals surface area contributed by atoms with E-state index in [4.69, 9.17) is 11.6 Å². The van der Waals surface area contributed by atoms with Crippen molar-refractivity contribution in [1.82, 2.24) is 0 Å². The van der Waals surface area contributed by atoms with E-state index in [1.165, 1.54) is 0 Å². The molecule has 0 atom stereocenters. The van der Waals surface area contributed by atoms with Gasteiger partial charge in [-0.25, -0.2) is 4.39 Å². The van der Waals surface area contributed by atoms with Crippen molar-refractivity contribution in [3.05, 3.63) is 61.9 Å². The molecule has 0 bridgehead atoms. The first-order valence-corrected chi connectivity index (χ1v) is 7.27. The Kier molecular flexibility index (Phi) is 4.98. The fraction of sp³-hybridized carbons (Fsp3) is 0.143. The highest BCUT2D eigenvalue weighted by molar-refractivity contribution is 14.1. The maximum Gasteiger partial charge on any atom is 0.416 e. The number of alkyl halides is 3. The number of rotatable bonds is 3. The van der Waals surface area contributed by atoms with Gasteiger partial charge in [0.25, 0.3) is 0 Å². The van der Waals surface area contributed by atoms with Gasteiger partial charge in [-0.1, -0.05) is 11.6 Å². The third-order valence-corrected chi connectivity index (χ3v) is 3.68. The molecule has 2 rings (SSSR count). The summed E-state index contributed by atoms with van der Waals surface area (Å²) in [6.07, 6.45) is -4.57. The molecule has 112 valence electrons. The number of nitrogens with one attached hydrogen (secondary N) is 1. The summed E-state index contributed by atoms with van der Waals surface area (Å²) < 4.78 is 52.0. The summed E-state index contributed by atoms with van der Waals surface area (Å²) in [7, 11) is 0. The molecule has 0 spiro atoms. The highest BCUT2D eigenvalue weighted by Crippen LogP contribution is 2.31. The second-order valence-electron chi connectivity index (χ2n) is 4.32. The maximum atomic E-state index is 13.3. The van der Waals surface area contributed by atoms with Gasteiger partial charge in [0.05, 0.1) is 16.3 Å². The Morgan fingerprint density at radius 1 is 1.10 bits per heavy atom. The summed E-state index contributed by atoms with van der Waals surface area (Å²) in [6, 6.07) is 7.69. The lowest BCUT2D eigenvalue weighted by atomic mass is 10.1. The Morgan fingerprint density at radius 3 is 2.43 bits per heavy atom. The van der Waals surface area contributed by atoms with E-state index in [1.54, 1.807) is 12.1 Å². The minimum absolute atomic E-state index is 0.0428. The summed E-state index contributed by atoms with van der Waals surface area (Å²) in [6.45, 7) is 0.0428. The summed E-state index contributed by atoms with van der Waals surface area (Å²) in [4.78, 5) is 0. The average molecular weight is 430 g/mol. The van der Waals surface area contributed by atoms with Crippen LogP contribution in [0.25, 0.3) is 0 Å². The van der Waals surface area contributed by atoms with Crippen LogP contribution in [0, 0.1) is 9.39 Å². The fourth-order valence-electron chi connectivity index (χ4n) is 1.75. The largest absolute Gasteiger partial charge is 0.416 e. The van der Waals surface area contributed by atoms with Gasteiger partial charge in [-0.05, 0) is 64.6 Å². The molecule has 2 aromatic rings. The second kappa shape index (κ2) is 6.39. The zero-order valence-corrected chi connectivity index (χ0v) is 13.4. The first-order chi connectivity index (χ1) is 9.75. The van der Waals surface area contributed by atoms with E-state index >= 15 is 0 Å². The van der Waals surface area contributed by atoms with Crippen LogP contribution >= 0.6 is 34.2 Å². The Balaban J connectivity index is 2.18. The maximum absolute atomic E-state index is 13.3. The van der Waals surface area contributed by atoms with E-state index in [1.807, 2.05) is 6.07 Å². The van der Waals surface area contributed by atoms with Crippen LogP contribution in [0.2, 0.25) is 5.02 Å². The van der Waals surface area contributed by atoms with E-state index in [-0.39, 0.29) is 12.1 Å². The Hall–Kier alpha value is -1.02. The lowest BCUT2D eigenvalue weighted by Crippen LogP contribution is -2.08. The molecule has 0 heterocycles.